The molecule has 65 heavy (non-hydrogen) atoms. The second-order valence-electron chi connectivity index (χ2n) is 19.7. The Kier molecular flexibility index (Phi) is 12.0. The lowest BCUT2D eigenvalue weighted by Crippen LogP contribution is -2.61. The van der Waals surface area contributed by atoms with E-state index in [9.17, 15) is 27.9 Å². The summed E-state index contributed by atoms with van der Waals surface area (Å²) in [6, 6.07) is 8.34. The molecule has 0 radical (unpaired) electrons. The molecule has 2 aliphatic heterocycles. The fraction of sp³-hybridized carbons (Fsp3) is 0.583. The summed E-state index contributed by atoms with van der Waals surface area (Å²) >= 11 is 0. The molecule has 1 unspecified atom stereocenters. The zero-order chi connectivity index (χ0) is 45.9. The van der Waals surface area contributed by atoms with Crippen molar-refractivity contribution >= 4 is 44.6 Å². The number of ether oxygens (including phenoxy) is 3. The van der Waals surface area contributed by atoms with Gasteiger partial charge in [0.05, 0.1) is 42.6 Å². The van der Waals surface area contributed by atoms with Gasteiger partial charge in [-0.1, -0.05) is 26.0 Å². The van der Waals surface area contributed by atoms with Crippen LogP contribution in [0.25, 0.3) is 22.2 Å². The van der Waals surface area contributed by atoms with Gasteiger partial charge in [0.2, 0.25) is 27.7 Å². The number of carbonyl (C=O) groups excluding carboxylic acids is 3. The van der Waals surface area contributed by atoms with Gasteiger partial charge < -0.3 is 29.5 Å². The van der Waals surface area contributed by atoms with Gasteiger partial charge in [-0.3, -0.25) is 29.0 Å². The number of nitrogens with zero attached hydrogens (tertiary/aromatic N) is 4. The predicted octanol–water partition coefficient (Wildman–Crippen LogP) is 6.08. The van der Waals surface area contributed by atoms with Gasteiger partial charge in [-0.15, -0.1) is 0 Å². The van der Waals surface area contributed by atoms with Crippen molar-refractivity contribution in [3.8, 4) is 28.8 Å². The molecule has 0 bridgehead atoms. The molecule has 4 saturated carbocycles. The molecular formula is C48H60N6O10S. The lowest BCUT2D eigenvalue weighted by atomic mass is 9.86. The number of benzene rings is 1. The number of nitrogens with one attached hydrogen (secondary N) is 2. The number of sulfonamides is 1. The Balaban J connectivity index is 1.09. The number of hydrogen-bond acceptors (Lipinski definition) is 11. The number of amides is 4. The van der Waals surface area contributed by atoms with E-state index in [4.69, 9.17) is 19.2 Å². The van der Waals surface area contributed by atoms with E-state index in [-0.39, 0.29) is 43.3 Å². The van der Waals surface area contributed by atoms with E-state index in [1.807, 2.05) is 57.2 Å². The van der Waals surface area contributed by atoms with Crippen molar-refractivity contribution in [1.82, 2.24) is 29.8 Å². The number of allylic oxidation sites excluding steroid dienone is 1. The predicted molar refractivity (Wildman–Crippen MR) is 240 cm³/mol. The van der Waals surface area contributed by atoms with Crippen LogP contribution in [-0.2, 0) is 24.4 Å². The summed E-state index contributed by atoms with van der Waals surface area (Å²) in [7, 11) is -2.37. The van der Waals surface area contributed by atoms with E-state index in [0.717, 1.165) is 18.2 Å². The maximum Gasteiger partial charge on any atom is 0.408 e. The minimum Gasteiger partial charge on any atom is -0.497 e. The van der Waals surface area contributed by atoms with Gasteiger partial charge >= 0.3 is 6.09 Å². The number of carbonyl (C=O) groups is 4. The van der Waals surface area contributed by atoms with E-state index in [0.29, 0.717) is 78.6 Å². The Labute approximate surface area is 379 Å². The van der Waals surface area contributed by atoms with Gasteiger partial charge in [0, 0.05) is 23.8 Å². The van der Waals surface area contributed by atoms with E-state index in [1.54, 1.807) is 25.4 Å². The second-order valence-corrected chi connectivity index (χ2v) is 21.7. The van der Waals surface area contributed by atoms with Crippen LogP contribution in [0.4, 0.5) is 4.79 Å². The van der Waals surface area contributed by atoms with Crippen molar-refractivity contribution < 1.29 is 46.9 Å². The zero-order valence-corrected chi connectivity index (χ0v) is 38.5. The standard InChI is InChI=1S/C48H60N6O10S/c1-26(2)63-35-11-15-39(49-24-35)40-21-31-20-34(62-5)10-14-38(31)44(50-40)64-36-22-41-43(55)51-48(46(57)52-65(60,61)37-12-13-37)23-32(48)9-7-6-8-27(3)16-28(4)42(45(56)53(41)25-36)54(47(58)59)33-18-29-17-30(29)19-33/h7,9-11,14-15,20-21,24,26-30,32-33,36-37,41-42H,6,8,12-13,16-19,22-23,25H2,1-5H3,(H,51,55)(H,52,57)(H,58,59)/b9-7-/t27-,28-,29+,30?,32-,33-,36-,41+,42+,48-/m1/s1. The summed E-state index contributed by atoms with van der Waals surface area (Å²) < 4.78 is 46.6. The Morgan fingerprint density at radius 1 is 0.985 bits per heavy atom. The molecule has 6 aliphatic rings. The largest absolute Gasteiger partial charge is 0.497 e. The van der Waals surface area contributed by atoms with Crippen LogP contribution in [-0.4, -0.2) is 112 Å². The number of fused-ring (bicyclic) bond motifs is 4. The Bertz CT molecular complexity index is 2490. The first-order valence-electron chi connectivity index (χ1n) is 23.2. The van der Waals surface area contributed by atoms with Crippen molar-refractivity contribution in [2.45, 2.75) is 133 Å². The molecule has 4 amide bonds. The van der Waals surface area contributed by atoms with Crippen LogP contribution in [0, 0.1) is 29.6 Å². The van der Waals surface area contributed by atoms with Gasteiger partial charge in [-0.2, -0.15) is 0 Å². The fourth-order valence-electron chi connectivity index (χ4n) is 10.7. The van der Waals surface area contributed by atoms with E-state index in [2.05, 4.69) is 21.9 Å². The molecule has 16 nitrogen and oxygen atoms in total. The maximum atomic E-state index is 15.5. The van der Waals surface area contributed by atoms with Gasteiger partial charge in [-0.25, -0.2) is 18.2 Å². The third-order valence-electron chi connectivity index (χ3n) is 14.4. The average molecular weight is 913 g/mol. The van der Waals surface area contributed by atoms with Crippen LogP contribution in [0.15, 0.2) is 54.7 Å². The smallest absolute Gasteiger partial charge is 0.408 e. The number of carboxylic acid groups (broad SMARTS) is 1. The molecule has 348 valence electrons. The van der Waals surface area contributed by atoms with Gasteiger partial charge in [0.25, 0.3) is 5.91 Å². The van der Waals surface area contributed by atoms with Gasteiger partial charge in [0.1, 0.15) is 35.2 Å². The monoisotopic (exact) mass is 912 g/mol. The van der Waals surface area contributed by atoms with Crippen molar-refractivity contribution in [1.29, 1.82) is 0 Å². The van der Waals surface area contributed by atoms with Crippen LogP contribution >= 0.6 is 0 Å². The second kappa shape index (κ2) is 17.4. The van der Waals surface area contributed by atoms with Crippen LogP contribution in [0.2, 0.25) is 0 Å². The van der Waals surface area contributed by atoms with E-state index >= 15 is 4.79 Å². The lowest BCUT2D eigenvalue weighted by molar-refractivity contribution is -0.145. The van der Waals surface area contributed by atoms with Crippen molar-refractivity contribution in [3.05, 3.63) is 54.7 Å². The average Bonchev–Trinajstić information content (AvgIpc) is 4.23. The lowest BCUT2D eigenvalue weighted by Gasteiger charge is -2.40. The molecule has 1 saturated heterocycles. The summed E-state index contributed by atoms with van der Waals surface area (Å²) in [6.07, 6.45) is 8.94. The fourth-order valence-corrected chi connectivity index (χ4v) is 12.0. The summed E-state index contributed by atoms with van der Waals surface area (Å²) in [5.74, 6) is -0.391. The number of rotatable bonds is 11. The highest BCUT2D eigenvalue weighted by molar-refractivity contribution is 7.91. The Morgan fingerprint density at radius 2 is 1.74 bits per heavy atom. The first-order valence-corrected chi connectivity index (χ1v) is 24.7. The van der Waals surface area contributed by atoms with Crippen LogP contribution in [0.5, 0.6) is 17.4 Å². The molecule has 0 spiro atoms. The molecule has 5 fully saturated rings. The van der Waals surface area contributed by atoms with Crippen LogP contribution in [0.3, 0.4) is 0 Å². The third-order valence-corrected chi connectivity index (χ3v) is 16.2. The maximum absolute atomic E-state index is 15.5. The molecule has 10 atom stereocenters. The quantitative estimate of drug-likeness (QED) is 0.187. The van der Waals surface area contributed by atoms with E-state index < -0.39 is 74.7 Å². The van der Waals surface area contributed by atoms with Crippen LogP contribution < -0.4 is 24.2 Å². The number of hydrogen-bond donors (Lipinski definition) is 3. The zero-order valence-electron chi connectivity index (χ0n) is 37.6. The summed E-state index contributed by atoms with van der Waals surface area (Å²) in [6.45, 7) is 7.80. The SMILES string of the molecule is COc1ccc2c(O[C@@H]3C[C@H]4C(=O)N[C@]5(C(=O)NS(=O)(=O)C6CC6)C[C@H]5/C=C\CC[C@@H](C)C[C@@H](C)[C@H](N(C(=O)O)[C@H]5CC6C[C@H]6C5)C(=O)N4C3)nc(-c3ccc(OC(C)C)cn3)cc2c1. The number of methoxy groups -OCH3 is 1. The topological polar surface area (TPSA) is 207 Å². The first kappa shape index (κ1) is 44.7. The summed E-state index contributed by atoms with van der Waals surface area (Å²) in [4.78, 5) is 70.2. The molecule has 2 aromatic heterocycles. The molecule has 4 heterocycles. The highest BCUT2D eigenvalue weighted by atomic mass is 32.2. The minimum atomic E-state index is -3.95. The van der Waals surface area contributed by atoms with Gasteiger partial charge in [0.15, 0.2) is 0 Å². The Hall–Kier alpha value is -5.45. The molecule has 1 aromatic carbocycles. The van der Waals surface area contributed by atoms with Gasteiger partial charge in [-0.05, 0) is 137 Å². The number of pyridine rings is 2. The first-order chi connectivity index (χ1) is 31.0. The number of aromatic nitrogens is 2. The molecular weight excluding hydrogens is 853 g/mol. The summed E-state index contributed by atoms with van der Waals surface area (Å²) in [5, 5.41) is 14.6. The molecule has 9 rings (SSSR count). The highest BCUT2D eigenvalue weighted by Gasteiger charge is 2.62. The van der Waals surface area contributed by atoms with E-state index in [1.165, 1.54) is 9.80 Å². The molecule has 3 aromatic rings. The normalized spacial score (nSPS) is 31.7. The Morgan fingerprint density at radius 3 is 2.42 bits per heavy atom. The molecule has 3 N–H and O–H groups in total. The van der Waals surface area contributed by atoms with Crippen molar-refractivity contribution in [2.75, 3.05) is 13.7 Å². The molecule has 17 heteroatoms. The summed E-state index contributed by atoms with van der Waals surface area (Å²) in [5.41, 5.74) is -0.516. The van der Waals surface area contributed by atoms with Crippen LogP contribution in [0.1, 0.15) is 91.9 Å². The van der Waals surface area contributed by atoms with Crippen molar-refractivity contribution in [3.63, 3.8) is 0 Å². The third kappa shape index (κ3) is 9.21. The highest BCUT2D eigenvalue weighted by Crippen LogP contribution is 2.54. The minimum absolute atomic E-state index is 0.0165. The molecule has 4 aliphatic carbocycles. The van der Waals surface area contributed by atoms with Crippen molar-refractivity contribution in [2.24, 2.45) is 29.6 Å².